The summed E-state index contributed by atoms with van der Waals surface area (Å²) < 4.78 is 0. The quantitative estimate of drug-likeness (QED) is 0.885. The van der Waals surface area contributed by atoms with E-state index >= 15 is 0 Å². The first-order valence-electron chi connectivity index (χ1n) is 10.1. The van der Waals surface area contributed by atoms with Crippen LogP contribution in [0.2, 0.25) is 0 Å². The zero-order valence-corrected chi connectivity index (χ0v) is 17.2. The summed E-state index contributed by atoms with van der Waals surface area (Å²) in [6, 6.07) is 6.40. The Kier molecular flexibility index (Phi) is 5.89. The summed E-state index contributed by atoms with van der Waals surface area (Å²) in [6.45, 7) is 9.43. The average Bonchev–Trinajstić information content (AvgIpc) is 2.62. The second-order valence-electron chi connectivity index (χ2n) is 8.68. The van der Waals surface area contributed by atoms with E-state index in [1.165, 1.54) is 16.7 Å². The third-order valence-corrected chi connectivity index (χ3v) is 6.43. The van der Waals surface area contributed by atoms with Gasteiger partial charge in [-0.05, 0) is 69.7 Å². The standard InChI is InChI=1S/C22H33N3O2/c1-16-5-6-17(2)19(13-16)18(3)23-20(26)14-25-11-9-22(10-12-25)8-7-21(27)24(4)15-22/h5-6,13,18H,7-12,14-15H2,1-4H3,(H,23,26). The van der Waals surface area contributed by atoms with Gasteiger partial charge in [-0.25, -0.2) is 0 Å². The van der Waals surface area contributed by atoms with Crippen molar-refractivity contribution in [2.24, 2.45) is 5.41 Å². The van der Waals surface area contributed by atoms with E-state index in [4.69, 9.17) is 0 Å². The van der Waals surface area contributed by atoms with Gasteiger partial charge >= 0.3 is 0 Å². The second kappa shape index (κ2) is 8.01. The summed E-state index contributed by atoms with van der Waals surface area (Å²) in [4.78, 5) is 28.4. The Bertz CT molecular complexity index is 708. The number of likely N-dealkylation sites (tertiary alicyclic amines) is 2. The zero-order valence-electron chi connectivity index (χ0n) is 17.2. The Labute approximate surface area is 163 Å². The van der Waals surface area contributed by atoms with Gasteiger partial charge in [0, 0.05) is 20.0 Å². The molecule has 1 spiro atoms. The van der Waals surface area contributed by atoms with Crippen molar-refractivity contribution in [2.75, 3.05) is 33.2 Å². The van der Waals surface area contributed by atoms with Crippen LogP contribution in [0.3, 0.4) is 0 Å². The molecule has 148 valence electrons. The van der Waals surface area contributed by atoms with E-state index in [1.807, 2.05) is 11.9 Å². The van der Waals surface area contributed by atoms with E-state index in [-0.39, 0.29) is 23.3 Å². The minimum absolute atomic E-state index is 0.0199. The van der Waals surface area contributed by atoms with Gasteiger partial charge in [0.2, 0.25) is 11.8 Å². The average molecular weight is 372 g/mol. The molecular formula is C22H33N3O2. The molecule has 0 aromatic heterocycles. The van der Waals surface area contributed by atoms with E-state index in [0.717, 1.165) is 38.9 Å². The molecule has 1 aromatic rings. The van der Waals surface area contributed by atoms with Crippen LogP contribution in [0.5, 0.6) is 0 Å². The van der Waals surface area contributed by atoms with Gasteiger partial charge in [-0.1, -0.05) is 23.8 Å². The van der Waals surface area contributed by atoms with Gasteiger partial charge in [-0.15, -0.1) is 0 Å². The fraction of sp³-hybridized carbons (Fsp3) is 0.636. The summed E-state index contributed by atoms with van der Waals surface area (Å²) in [5.41, 5.74) is 3.89. The number of hydrogen-bond acceptors (Lipinski definition) is 3. The van der Waals surface area contributed by atoms with Crippen LogP contribution in [0.25, 0.3) is 0 Å². The van der Waals surface area contributed by atoms with Crippen LogP contribution in [0.1, 0.15) is 55.3 Å². The smallest absolute Gasteiger partial charge is 0.234 e. The largest absolute Gasteiger partial charge is 0.348 e. The fourth-order valence-corrected chi connectivity index (χ4v) is 4.62. The molecule has 27 heavy (non-hydrogen) atoms. The predicted molar refractivity (Wildman–Crippen MR) is 107 cm³/mol. The SMILES string of the molecule is Cc1ccc(C)c(C(C)NC(=O)CN2CCC3(CCC(=O)N(C)C3)CC2)c1. The molecule has 1 N–H and O–H groups in total. The third kappa shape index (κ3) is 4.70. The second-order valence-corrected chi connectivity index (χ2v) is 8.68. The van der Waals surface area contributed by atoms with Crippen LogP contribution in [0, 0.1) is 19.3 Å². The molecule has 1 unspecified atom stereocenters. The first-order valence-corrected chi connectivity index (χ1v) is 10.1. The zero-order chi connectivity index (χ0) is 19.6. The van der Waals surface area contributed by atoms with Crippen molar-refractivity contribution >= 4 is 11.8 Å². The highest BCUT2D eigenvalue weighted by Crippen LogP contribution is 2.39. The summed E-state index contributed by atoms with van der Waals surface area (Å²) in [7, 11) is 1.91. The molecule has 0 radical (unpaired) electrons. The molecule has 2 heterocycles. The highest BCUT2D eigenvalue weighted by Gasteiger charge is 2.40. The van der Waals surface area contributed by atoms with Gasteiger partial charge in [0.15, 0.2) is 0 Å². The van der Waals surface area contributed by atoms with Crippen LogP contribution in [0.15, 0.2) is 18.2 Å². The van der Waals surface area contributed by atoms with Gasteiger partial charge in [0.1, 0.15) is 0 Å². The Morgan fingerprint density at radius 3 is 2.59 bits per heavy atom. The maximum Gasteiger partial charge on any atom is 0.234 e. The minimum atomic E-state index is 0.0199. The van der Waals surface area contributed by atoms with Gasteiger partial charge in [-0.2, -0.15) is 0 Å². The van der Waals surface area contributed by atoms with Crippen LogP contribution in [-0.2, 0) is 9.59 Å². The molecular weight excluding hydrogens is 338 g/mol. The molecule has 1 aromatic carbocycles. The Hall–Kier alpha value is -1.88. The number of aryl methyl sites for hydroxylation is 2. The number of benzene rings is 1. The van der Waals surface area contributed by atoms with Crippen molar-refractivity contribution in [1.29, 1.82) is 0 Å². The lowest BCUT2D eigenvalue weighted by Crippen LogP contribution is -2.51. The normalized spacial score (nSPS) is 21.3. The highest BCUT2D eigenvalue weighted by atomic mass is 16.2. The van der Waals surface area contributed by atoms with Crippen LogP contribution in [0.4, 0.5) is 0 Å². The van der Waals surface area contributed by atoms with Crippen molar-refractivity contribution < 1.29 is 9.59 Å². The van der Waals surface area contributed by atoms with Crippen LogP contribution in [-0.4, -0.2) is 54.8 Å². The molecule has 0 saturated carbocycles. The maximum atomic E-state index is 12.5. The van der Waals surface area contributed by atoms with Crippen molar-refractivity contribution in [1.82, 2.24) is 15.1 Å². The number of amides is 2. The van der Waals surface area contributed by atoms with Gasteiger partial charge in [0.25, 0.3) is 0 Å². The summed E-state index contributed by atoms with van der Waals surface area (Å²) in [5, 5.41) is 3.16. The van der Waals surface area contributed by atoms with Gasteiger partial charge < -0.3 is 10.2 Å². The minimum Gasteiger partial charge on any atom is -0.348 e. The Morgan fingerprint density at radius 1 is 1.22 bits per heavy atom. The number of nitrogens with one attached hydrogen (secondary N) is 1. The molecule has 0 aliphatic carbocycles. The molecule has 3 rings (SSSR count). The number of rotatable bonds is 4. The maximum absolute atomic E-state index is 12.5. The number of carbonyl (C=O) groups is 2. The molecule has 2 aliphatic rings. The lowest BCUT2D eigenvalue weighted by Gasteiger charge is -2.46. The molecule has 2 saturated heterocycles. The van der Waals surface area contributed by atoms with E-state index < -0.39 is 0 Å². The number of piperidine rings is 2. The first kappa shape index (κ1) is 19.9. The van der Waals surface area contributed by atoms with Gasteiger partial charge in [0.05, 0.1) is 12.6 Å². The Morgan fingerprint density at radius 2 is 1.93 bits per heavy atom. The molecule has 1 atom stereocenters. The van der Waals surface area contributed by atoms with E-state index in [1.54, 1.807) is 0 Å². The highest BCUT2D eigenvalue weighted by molar-refractivity contribution is 5.78. The monoisotopic (exact) mass is 371 g/mol. The van der Waals surface area contributed by atoms with Crippen molar-refractivity contribution in [3.05, 3.63) is 34.9 Å². The first-order chi connectivity index (χ1) is 12.8. The molecule has 5 nitrogen and oxygen atoms in total. The summed E-state index contributed by atoms with van der Waals surface area (Å²) >= 11 is 0. The number of nitrogens with zero attached hydrogens (tertiary/aromatic N) is 2. The van der Waals surface area contributed by atoms with Crippen LogP contribution < -0.4 is 5.32 Å². The van der Waals surface area contributed by atoms with Crippen molar-refractivity contribution in [3.8, 4) is 0 Å². The summed E-state index contributed by atoms with van der Waals surface area (Å²) in [5.74, 6) is 0.359. The van der Waals surface area contributed by atoms with Crippen molar-refractivity contribution in [2.45, 2.75) is 52.5 Å². The fourth-order valence-electron chi connectivity index (χ4n) is 4.62. The molecule has 2 amide bonds. The molecule has 2 aliphatic heterocycles. The van der Waals surface area contributed by atoms with E-state index in [2.05, 4.69) is 49.2 Å². The van der Waals surface area contributed by atoms with Crippen LogP contribution >= 0.6 is 0 Å². The summed E-state index contributed by atoms with van der Waals surface area (Å²) in [6.07, 6.45) is 3.82. The predicted octanol–water partition coefficient (Wildman–Crippen LogP) is 2.82. The number of carbonyl (C=O) groups excluding carboxylic acids is 2. The third-order valence-electron chi connectivity index (χ3n) is 6.43. The van der Waals surface area contributed by atoms with E-state index in [0.29, 0.717) is 13.0 Å². The topological polar surface area (TPSA) is 52.7 Å². The number of hydrogen-bond donors (Lipinski definition) is 1. The lowest BCUT2D eigenvalue weighted by atomic mass is 9.72. The van der Waals surface area contributed by atoms with Crippen molar-refractivity contribution in [3.63, 3.8) is 0 Å². The van der Waals surface area contributed by atoms with Gasteiger partial charge in [-0.3, -0.25) is 14.5 Å². The molecule has 2 fully saturated rings. The molecule has 0 bridgehead atoms. The van der Waals surface area contributed by atoms with E-state index in [9.17, 15) is 9.59 Å². The lowest BCUT2D eigenvalue weighted by molar-refractivity contribution is -0.137. The molecule has 5 heteroatoms. The Balaban J connectivity index is 1.49.